The molecule has 25 heavy (non-hydrogen) atoms. The first-order valence-corrected chi connectivity index (χ1v) is 7.99. The van der Waals surface area contributed by atoms with Crippen LogP contribution in [0.4, 0.5) is 0 Å². The van der Waals surface area contributed by atoms with E-state index < -0.39 is 0 Å². The highest BCUT2D eigenvalue weighted by molar-refractivity contribution is 6.21. The summed E-state index contributed by atoms with van der Waals surface area (Å²) in [6.45, 7) is 0.210. The molecular formula is C19H17N3O3. The molecule has 0 unspecified atom stereocenters. The lowest BCUT2D eigenvalue weighted by atomic mass is 10.1. The number of carbonyl (C=O) groups excluding carboxylic acids is 3. The van der Waals surface area contributed by atoms with Crippen molar-refractivity contribution < 1.29 is 14.4 Å². The lowest BCUT2D eigenvalue weighted by molar-refractivity contribution is -0.121. The quantitative estimate of drug-likeness (QED) is 0.499. The Labute approximate surface area is 145 Å². The zero-order chi connectivity index (χ0) is 17.6. The lowest BCUT2D eigenvalue weighted by Gasteiger charge is -2.12. The largest absolute Gasteiger partial charge is 0.274 e. The molecule has 2 aromatic carbocycles. The number of nitrogens with zero attached hydrogens (tertiary/aromatic N) is 2. The van der Waals surface area contributed by atoms with Crippen molar-refractivity contribution in [2.45, 2.75) is 12.8 Å². The third kappa shape index (κ3) is 3.80. The Hall–Kier alpha value is -3.28. The number of nitrogens with one attached hydrogen (secondary N) is 1. The summed E-state index contributed by atoms with van der Waals surface area (Å²) in [6.07, 6.45) is 2.12. The van der Waals surface area contributed by atoms with Gasteiger partial charge in [0.1, 0.15) is 0 Å². The Morgan fingerprint density at radius 2 is 1.56 bits per heavy atom. The molecule has 0 fully saturated rings. The minimum atomic E-state index is -0.303. The van der Waals surface area contributed by atoms with Crippen molar-refractivity contribution in [3.05, 3.63) is 71.3 Å². The van der Waals surface area contributed by atoms with Crippen LogP contribution >= 0.6 is 0 Å². The van der Waals surface area contributed by atoms with Crippen LogP contribution in [-0.2, 0) is 4.79 Å². The fourth-order valence-corrected chi connectivity index (χ4v) is 2.61. The van der Waals surface area contributed by atoms with E-state index in [2.05, 4.69) is 10.5 Å². The van der Waals surface area contributed by atoms with Crippen molar-refractivity contribution in [2.75, 3.05) is 6.54 Å². The number of carbonyl (C=O) groups is 3. The predicted molar refractivity (Wildman–Crippen MR) is 93.2 cm³/mol. The summed E-state index contributed by atoms with van der Waals surface area (Å²) in [5.74, 6) is -0.866. The molecule has 0 aromatic heterocycles. The third-order valence-corrected chi connectivity index (χ3v) is 3.87. The van der Waals surface area contributed by atoms with Crippen LogP contribution in [0.15, 0.2) is 59.7 Å². The molecule has 0 saturated heterocycles. The van der Waals surface area contributed by atoms with E-state index >= 15 is 0 Å². The molecule has 0 atom stereocenters. The highest BCUT2D eigenvalue weighted by Gasteiger charge is 2.34. The Morgan fingerprint density at radius 1 is 0.960 bits per heavy atom. The number of hydrazone groups is 1. The van der Waals surface area contributed by atoms with Gasteiger partial charge in [-0.25, -0.2) is 5.43 Å². The lowest BCUT2D eigenvalue weighted by Crippen LogP contribution is -2.31. The standard InChI is InChI=1S/C19H17N3O3/c23-17(21-20-13-14-7-2-1-3-8-14)11-6-12-22-18(24)15-9-4-5-10-16(15)19(22)25/h1-5,7-10,13H,6,11-12H2,(H,21,23)/b20-13-. The summed E-state index contributed by atoms with van der Waals surface area (Å²) >= 11 is 0. The second kappa shape index (κ2) is 7.53. The molecular weight excluding hydrogens is 318 g/mol. The van der Waals surface area contributed by atoms with E-state index in [0.717, 1.165) is 5.56 Å². The van der Waals surface area contributed by atoms with E-state index in [4.69, 9.17) is 0 Å². The second-order valence-corrected chi connectivity index (χ2v) is 5.61. The van der Waals surface area contributed by atoms with Crippen molar-refractivity contribution in [3.8, 4) is 0 Å². The molecule has 0 spiro atoms. The first-order chi connectivity index (χ1) is 12.2. The summed E-state index contributed by atoms with van der Waals surface area (Å²) in [5.41, 5.74) is 4.16. The maximum absolute atomic E-state index is 12.2. The van der Waals surface area contributed by atoms with E-state index in [-0.39, 0.29) is 30.7 Å². The molecule has 126 valence electrons. The van der Waals surface area contributed by atoms with Crippen LogP contribution in [0.2, 0.25) is 0 Å². The van der Waals surface area contributed by atoms with Gasteiger partial charge in [-0.3, -0.25) is 19.3 Å². The number of fused-ring (bicyclic) bond motifs is 1. The van der Waals surface area contributed by atoms with Gasteiger partial charge in [0, 0.05) is 13.0 Å². The van der Waals surface area contributed by atoms with Gasteiger partial charge in [-0.2, -0.15) is 5.10 Å². The van der Waals surface area contributed by atoms with Gasteiger partial charge in [0.2, 0.25) is 5.91 Å². The van der Waals surface area contributed by atoms with Gasteiger partial charge in [-0.15, -0.1) is 0 Å². The molecule has 2 aromatic rings. The van der Waals surface area contributed by atoms with Crippen molar-refractivity contribution in [1.82, 2.24) is 10.3 Å². The number of imide groups is 1. The topological polar surface area (TPSA) is 78.8 Å². The fraction of sp³-hybridized carbons (Fsp3) is 0.158. The summed E-state index contributed by atoms with van der Waals surface area (Å²) in [5, 5.41) is 3.88. The number of hydrogen-bond donors (Lipinski definition) is 1. The number of hydrogen-bond acceptors (Lipinski definition) is 4. The summed E-state index contributed by atoms with van der Waals surface area (Å²) in [6, 6.07) is 16.1. The summed E-state index contributed by atoms with van der Waals surface area (Å²) in [7, 11) is 0. The van der Waals surface area contributed by atoms with E-state index in [0.29, 0.717) is 17.5 Å². The molecule has 6 heteroatoms. The monoisotopic (exact) mass is 335 g/mol. The molecule has 6 nitrogen and oxygen atoms in total. The van der Waals surface area contributed by atoms with Crippen molar-refractivity contribution >= 4 is 23.9 Å². The van der Waals surface area contributed by atoms with Gasteiger partial charge < -0.3 is 0 Å². The van der Waals surface area contributed by atoms with Crippen LogP contribution in [0.1, 0.15) is 39.1 Å². The van der Waals surface area contributed by atoms with Gasteiger partial charge in [0.25, 0.3) is 11.8 Å². The number of amides is 3. The molecule has 3 rings (SSSR count). The average Bonchev–Trinajstić information content (AvgIpc) is 2.88. The number of rotatable bonds is 6. The molecule has 3 amide bonds. The highest BCUT2D eigenvalue weighted by atomic mass is 16.2. The highest BCUT2D eigenvalue weighted by Crippen LogP contribution is 2.22. The Bertz CT molecular complexity index is 796. The molecule has 0 radical (unpaired) electrons. The van der Waals surface area contributed by atoms with Crippen LogP contribution in [0.25, 0.3) is 0 Å². The van der Waals surface area contributed by atoms with Crippen LogP contribution in [-0.4, -0.2) is 35.4 Å². The average molecular weight is 335 g/mol. The Kier molecular flexibility index (Phi) is 4.99. The zero-order valence-corrected chi connectivity index (χ0v) is 13.5. The normalized spacial score (nSPS) is 13.4. The van der Waals surface area contributed by atoms with E-state index in [9.17, 15) is 14.4 Å². The van der Waals surface area contributed by atoms with Gasteiger partial charge in [0.15, 0.2) is 0 Å². The molecule has 1 aliphatic heterocycles. The zero-order valence-electron chi connectivity index (χ0n) is 13.5. The minimum absolute atomic E-state index is 0.180. The molecule has 1 aliphatic rings. The smallest absolute Gasteiger partial charge is 0.261 e. The maximum Gasteiger partial charge on any atom is 0.261 e. The van der Waals surface area contributed by atoms with Crippen LogP contribution < -0.4 is 5.43 Å². The van der Waals surface area contributed by atoms with E-state index in [1.54, 1.807) is 30.5 Å². The predicted octanol–water partition coefficient (Wildman–Crippen LogP) is 2.21. The third-order valence-electron chi connectivity index (χ3n) is 3.87. The van der Waals surface area contributed by atoms with Gasteiger partial charge in [-0.05, 0) is 24.1 Å². The minimum Gasteiger partial charge on any atom is -0.274 e. The van der Waals surface area contributed by atoms with Gasteiger partial charge >= 0.3 is 0 Å². The van der Waals surface area contributed by atoms with Crippen molar-refractivity contribution in [3.63, 3.8) is 0 Å². The van der Waals surface area contributed by atoms with Gasteiger partial charge in [0.05, 0.1) is 17.3 Å². The molecule has 1 heterocycles. The molecule has 0 aliphatic carbocycles. The maximum atomic E-state index is 12.2. The summed E-state index contributed by atoms with van der Waals surface area (Å²) in [4.78, 5) is 37.3. The van der Waals surface area contributed by atoms with Gasteiger partial charge in [-0.1, -0.05) is 42.5 Å². The van der Waals surface area contributed by atoms with Crippen molar-refractivity contribution in [1.29, 1.82) is 0 Å². The molecule has 1 N–H and O–H groups in total. The Morgan fingerprint density at radius 3 is 2.20 bits per heavy atom. The first-order valence-electron chi connectivity index (χ1n) is 7.99. The van der Waals surface area contributed by atoms with Crippen molar-refractivity contribution in [2.24, 2.45) is 5.10 Å². The summed E-state index contributed by atoms with van der Waals surface area (Å²) < 4.78 is 0. The van der Waals surface area contributed by atoms with Crippen LogP contribution in [0, 0.1) is 0 Å². The van der Waals surface area contributed by atoms with E-state index in [1.807, 2.05) is 30.3 Å². The first kappa shape index (κ1) is 16.6. The molecule has 0 bridgehead atoms. The second-order valence-electron chi connectivity index (χ2n) is 5.61. The fourth-order valence-electron chi connectivity index (χ4n) is 2.61. The Balaban J connectivity index is 1.46. The SMILES string of the molecule is O=C(CCCN1C(=O)c2ccccc2C1=O)N/N=C\c1ccccc1. The van der Waals surface area contributed by atoms with Crippen LogP contribution in [0.3, 0.4) is 0 Å². The number of benzene rings is 2. The van der Waals surface area contributed by atoms with Crippen LogP contribution in [0.5, 0.6) is 0 Å². The molecule has 0 saturated carbocycles. The van der Waals surface area contributed by atoms with E-state index in [1.165, 1.54) is 4.90 Å².